The molecule has 144 valence electrons. The molecule has 0 radical (unpaired) electrons. The van der Waals surface area contributed by atoms with Crippen LogP contribution < -0.4 is 15.4 Å². The van der Waals surface area contributed by atoms with E-state index in [4.69, 9.17) is 9.84 Å². The first-order valence-corrected chi connectivity index (χ1v) is 9.67. The maximum absolute atomic E-state index is 12.8. The first-order valence-electron chi connectivity index (χ1n) is 8.23. The predicted octanol–water partition coefficient (Wildman–Crippen LogP) is -0.927. The Hall–Kier alpha value is -2.17. The summed E-state index contributed by atoms with van der Waals surface area (Å²) in [6.45, 7) is 0.107. The minimum atomic E-state index is -3.70. The van der Waals surface area contributed by atoms with E-state index in [9.17, 15) is 18.0 Å². The number of hydrogen-bond donors (Lipinski definition) is 3. The summed E-state index contributed by atoms with van der Waals surface area (Å²) in [6.07, 6.45) is 1.26. The summed E-state index contributed by atoms with van der Waals surface area (Å²) in [5.41, 5.74) is 0. The smallest absolute Gasteiger partial charge is 0.309 e. The summed E-state index contributed by atoms with van der Waals surface area (Å²) in [5.74, 6) is -1.16. The van der Waals surface area contributed by atoms with Gasteiger partial charge < -0.3 is 20.5 Å². The fraction of sp³-hybridized carbons (Fsp3) is 0.500. The minimum Gasteiger partial charge on any atom is -0.497 e. The quantitative estimate of drug-likeness (QED) is 0.521. The summed E-state index contributed by atoms with van der Waals surface area (Å²) in [7, 11) is -2.20. The van der Waals surface area contributed by atoms with Gasteiger partial charge in [0.2, 0.25) is 10.0 Å². The fourth-order valence-corrected chi connectivity index (χ4v) is 4.45. The van der Waals surface area contributed by atoms with E-state index < -0.39 is 27.9 Å². The molecule has 1 aromatic rings. The second kappa shape index (κ2) is 8.97. The molecule has 0 bridgehead atoms. The molecule has 1 heterocycles. The van der Waals surface area contributed by atoms with Crippen LogP contribution in [0.1, 0.15) is 12.8 Å². The Bertz CT molecular complexity index is 735. The standard InChI is InChI=1S/C16H23N3O6S/c1-25-13-4-6-14(7-5-13)26(23,24)19-9-2-3-12(19)11-18-16(22)15(21)17-8-10-20/h4-7,12,20H,2-3,8-11H2,1H3,(H,17,21)(H,18,22). The van der Waals surface area contributed by atoms with Crippen LogP contribution in [0.5, 0.6) is 5.75 Å². The Morgan fingerprint density at radius 3 is 2.50 bits per heavy atom. The van der Waals surface area contributed by atoms with E-state index in [0.717, 1.165) is 0 Å². The van der Waals surface area contributed by atoms with E-state index in [1.165, 1.54) is 23.5 Å². The van der Waals surface area contributed by atoms with E-state index in [2.05, 4.69) is 10.6 Å². The number of hydrogen-bond acceptors (Lipinski definition) is 6. The van der Waals surface area contributed by atoms with E-state index in [1.807, 2.05) is 0 Å². The number of ether oxygens (including phenoxy) is 1. The lowest BCUT2D eigenvalue weighted by atomic mass is 10.2. The number of carbonyl (C=O) groups excluding carboxylic acids is 2. The number of rotatable bonds is 7. The Labute approximate surface area is 152 Å². The number of nitrogens with zero attached hydrogens (tertiary/aromatic N) is 1. The summed E-state index contributed by atoms with van der Waals surface area (Å²) in [6, 6.07) is 5.68. The van der Waals surface area contributed by atoms with Crippen LogP contribution in [-0.2, 0) is 19.6 Å². The molecule has 2 amide bonds. The lowest BCUT2D eigenvalue weighted by molar-refractivity contribution is -0.139. The van der Waals surface area contributed by atoms with Crippen LogP contribution in [0, 0.1) is 0 Å². The van der Waals surface area contributed by atoms with Crippen LogP contribution in [-0.4, -0.2) is 69.0 Å². The molecule has 0 aliphatic carbocycles. The largest absolute Gasteiger partial charge is 0.497 e. The van der Waals surface area contributed by atoms with Crippen LogP contribution >= 0.6 is 0 Å². The first-order chi connectivity index (χ1) is 12.4. The number of carbonyl (C=O) groups is 2. The van der Waals surface area contributed by atoms with Gasteiger partial charge in [-0.2, -0.15) is 4.31 Å². The molecule has 3 N–H and O–H groups in total. The number of aliphatic hydroxyl groups is 1. The monoisotopic (exact) mass is 385 g/mol. The molecule has 1 aliphatic heterocycles. The molecule has 1 atom stereocenters. The number of sulfonamides is 1. The fourth-order valence-electron chi connectivity index (χ4n) is 2.75. The molecular formula is C16H23N3O6S. The van der Waals surface area contributed by atoms with Gasteiger partial charge in [-0.1, -0.05) is 0 Å². The molecule has 9 nitrogen and oxygen atoms in total. The molecule has 1 aliphatic rings. The van der Waals surface area contributed by atoms with Crippen molar-refractivity contribution < 1.29 is 27.9 Å². The zero-order valence-electron chi connectivity index (χ0n) is 14.5. The third kappa shape index (κ3) is 4.71. The number of aliphatic hydroxyl groups excluding tert-OH is 1. The molecule has 1 unspecified atom stereocenters. The third-order valence-electron chi connectivity index (χ3n) is 4.09. The van der Waals surface area contributed by atoms with Gasteiger partial charge in [-0.05, 0) is 37.1 Å². The lowest BCUT2D eigenvalue weighted by Crippen LogP contribution is -2.47. The van der Waals surface area contributed by atoms with Crippen molar-refractivity contribution in [2.75, 3.05) is 33.4 Å². The Morgan fingerprint density at radius 1 is 1.23 bits per heavy atom. The highest BCUT2D eigenvalue weighted by Gasteiger charge is 2.35. The highest BCUT2D eigenvalue weighted by atomic mass is 32.2. The molecule has 1 fully saturated rings. The van der Waals surface area contributed by atoms with Crippen LogP contribution in [0.15, 0.2) is 29.2 Å². The summed E-state index contributed by atoms with van der Waals surface area (Å²) >= 11 is 0. The van der Waals surface area contributed by atoms with Gasteiger partial charge in [0.15, 0.2) is 0 Å². The SMILES string of the molecule is COc1ccc(S(=O)(=O)N2CCCC2CNC(=O)C(=O)NCCO)cc1. The summed E-state index contributed by atoms with van der Waals surface area (Å²) in [4.78, 5) is 23.4. The highest BCUT2D eigenvalue weighted by molar-refractivity contribution is 7.89. The molecule has 1 saturated heterocycles. The first kappa shape index (κ1) is 20.1. The van der Waals surface area contributed by atoms with Crippen molar-refractivity contribution in [3.63, 3.8) is 0 Å². The average molecular weight is 385 g/mol. The molecule has 1 aromatic carbocycles. The van der Waals surface area contributed by atoms with Gasteiger partial charge in [0.25, 0.3) is 0 Å². The molecule has 10 heteroatoms. The van der Waals surface area contributed by atoms with Crippen LogP contribution in [0.25, 0.3) is 0 Å². The van der Waals surface area contributed by atoms with Crippen LogP contribution in [0.3, 0.4) is 0 Å². The second-order valence-corrected chi connectivity index (χ2v) is 7.67. The van der Waals surface area contributed by atoms with Crippen molar-refractivity contribution in [3.8, 4) is 5.75 Å². The second-order valence-electron chi connectivity index (χ2n) is 5.78. The van der Waals surface area contributed by atoms with E-state index in [-0.39, 0.29) is 24.6 Å². The average Bonchev–Trinajstić information content (AvgIpc) is 3.13. The van der Waals surface area contributed by atoms with Crippen molar-refractivity contribution in [2.24, 2.45) is 0 Å². The van der Waals surface area contributed by atoms with Crippen molar-refractivity contribution in [3.05, 3.63) is 24.3 Å². The summed E-state index contributed by atoms with van der Waals surface area (Å²) < 4.78 is 32.0. The van der Waals surface area contributed by atoms with Gasteiger partial charge in [0.05, 0.1) is 18.6 Å². The van der Waals surface area contributed by atoms with Gasteiger partial charge in [0.1, 0.15) is 5.75 Å². The van der Waals surface area contributed by atoms with Gasteiger partial charge >= 0.3 is 11.8 Å². The topological polar surface area (TPSA) is 125 Å². The zero-order chi connectivity index (χ0) is 19.2. The maximum atomic E-state index is 12.8. The third-order valence-corrected chi connectivity index (χ3v) is 6.06. The number of benzene rings is 1. The van der Waals surface area contributed by atoms with Crippen molar-refractivity contribution >= 4 is 21.8 Å². The van der Waals surface area contributed by atoms with E-state index >= 15 is 0 Å². The number of methoxy groups -OCH3 is 1. The van der Waals surface area contributed by atoms with E-state index in [0.29, 0.717) is 25.1 Å². The van der Waals surface area contributed by atoms with Crippen molar-refractivity contribution in [1.29, 1.82) is 0 Å². The molecule has 26 heavy (non-hydrogen) atoms. The number of amides is 2. The lowest BCUT2D eigenvalue weighted by Gasteiger charge is -2.24. The minimum absolute atomic E-state index is 0.0202. The van der Waals surface area contributed by atoms with E-state index in [1.54, 1.807) is 12.1 Å². The van der Waals surface area contributed by atoms with Crippen LogP contribution in [0.2, 0.25) is 0 Å². The van der Waals surface area contributed by atoms with Gasteiger partial charge in [0, 0.05) is 25.7 Å². The highest BCUT2D eigenvalue weighted by Crippen LogP contribution is 2.26. The Balaban J connectivity index is 2.02. The van der Waals surface area contributed by atoms with Crippen molar-refractivity contribution in [2.45, 2.75) is 23.8 Å². The normalized spacial score (nSPS) is 17.7. The maximum Gasteiger partial charge on any atom is 0.309 e. The van der Waals surface area contributed by atoms with Gasteiger partial charge in [-0.15, -0.1) is 0 Å². The Kier molecular flexibility index (Phi) is 6.95. The Morgan fingerprint density at radius 2 is 1.88 bits per heavy atom. The van der Waals surface area contributed by atoms with Gasteiger partial charge in [-0.25, -0.2) is 8.42 Å². The van der Waals surface area contributed by atoms with Crippen molar-refractivity contribution in [1.82, 2.24) is 14.9 Å². The predicted molar refractivity (Wildman–Crippen MR) is 93.0 cm³/mol. The molecule has 2 rings (SSSR count). The molecule has 0 aromatic heterocycles. The summed E-state index contributed by atoms with van der Waals surface area (Å²) in [5, 5.41) is 13.3. The molecular weight excluding hydrogens is 362 g/mol. The zero-order valence-corrected chi connectivity index (χ0v) is 15.3. The van der Waals surface area contributed by atoms with Gasteiger partial charge in [-0.3, -0.25) is 9.59 Å². The molecule has 0 spiro atoms. The molecule has 0 saturated carbocycles. The number of nitrogens with one attached hydrogen (secondary N) is 2. The van der Waals surface area contributed by atoms with Crippen LogP contribution in [0.4, 0.5) is 0 Å².